The summed E-state index contributed by atoms with van der Waals surface area (Å²) in [7, 11) is 1.61. The molecule has 2 atom stereocenters. The first-order chi connectivity index (χ1) is 17.2. The van der Waals surface area contributed by atoms with Crippen molar-refractivity contribution in [3.63, 3.8) is 0 Å². The lowest BCUT2D eigenvalue weighted by molar-refractivity contribution is -0.139. The summed E-state index contributed by atoms with van der Waals surface area (Å²) >= 11 is 0. The highest BCUT2D eigenvalue weighted by molar-refractivity contribution is 6.09. The van der Waals surface area contributed by atoms with E-state index >= 15 is 0 Å². The molecule has 1 aliphatic heterocycles. The zero-order chi connectivity index (χ0) is 23.7. The topological polar surface area (TPSA) is 59.0 Å². The molecule has 3 aliphatic carbocycles. The van der Waals surface area contributed by atoms with Crippen molar-refractivity contribution in [1.29, 1.82) is 0 Å². The molecule has 0 unspecified atom stereocenters. The number of carbonyl (C=O) groups excluding carboxylic acids is 2. The molecule has 4 aromatic carbocycles. The molecular formula is C30H22N2O3. The summed E-state index contributed by atoms with van der Waals surface area (Å²) in [5.41, 5.74) is 5.36. The Balaban J connectivity index is 1.34. The van der Waals surface area contributed by atoms with Crippen molar-refractivity contribution in [2.75, 3.05) is 7.11 Å². The van der Waals surface area contributed by atoms with E-state index in [1.807, 2.05) is 60.7 Å². The Labute approximate surface area is 202 Å². The second-order valence-electron chi connectivity index (χ2n) is 9.40. The zero-order valence-corrected chi connectivity index (χ0v) is 19.1. The van der Waals surface area contributed by atoms with E-state index in [9.17, 15) is 9.59 Å². The zero-order valence-electron chi connectivity index (χ0n) is 19.1. The first-order valence-electron chi connectivity index (χ1n) is 11.8. The third-order valence-corrected chi connectivity index (χ3v) is 7.88. The van der Waals surface area contributed by atoms with Gasteiger partial charge in [-0.1, -0.05) is 78.9 Å². The van der Waals surface area contributed by atoms with E-state index in [0.29, 0.717) is 5.75 Å². The molecule has 5 nitrogen and oxygen atoms in total. The third kappa shape index (κ3) is 2.66. The highest BCUT2D eigenvalue weighted by Crippen LogP contribution is 2.60. The van der Waals surface area contributed by atoms with Crippen molar-refractivity contribution in [3.8, 4) is 5.75 Å². The van der Waals surface area contributed by atoms with Gasteiger partial charge in [0.15, 0.2) is 0 Å². The molecule has 1 heterocycles. The SMILES string of the molecule is COc1ccc2ccccc2c1/C=N\N1C(=O)[C@@H]2C3c4ccccc4C(c4ccccc43)[C@@H]2C1=O. The number of amides is 2. The Kier molecular flexibility index (Phi) is 4.25. The molecule has 0 N–H and O–H groups in total. The van der Waals surface area contributed by atoms with Crippen molar-refractivity contribution < 1.29 is 14.3 Å². The van der Waals surface area contributed by atoms with Gasteiger partial charge < -0.3 is 4.74 Å². The molecule has 4 aliphatic rings. The van der Waals surface area contributed by atoms with E-state index in [2.05, 4.69) is 29.4 Å². The summed E-state index contributed by atoms with van der Waals surface area (Å²) in [6.07, 6.45) is 1.59. The van der Waals surface area contributed by atoms with Crippen molar-refractivity contribution in [2.45, 2.75) is 11.8 Å². The van der Waals surface area contributed by atoms with Crippen LogP contribution in [0.15, 0.2) is 90.0 Å². The molecule has 4 aromatic rings. The molecule has 2 bridgehead atoms. The Bertz CT molecular complexity index is 1460. The lowest BCUT2D eigenvalue weighted by Crippen LogP contribution is -2.41. The summed E-state index contributed by atoms with van der Waals surface area (Å²) in [6, 6.07) is 28.2. The van der Waals surface area contributed by atoms with Crippen molar-refractivity contribution in [1.82, 2.24) is 5.01 Å². The fourth-order valence-electron chi connectivity index (χ4n) is 6.48. The predicted molar refractivity (Wildman–Crippen MR) is 133 cm³/mol. The maximum absolute atomic E-state index is 13.8. The molecule has 35 heavy (non-hydrogen) atoms. The van der Waals surface area contributed by atoms with Gasteiger partial charge in [0.1, 0.15) is 5.75 Å². The molecule has 2 amide bonds. The van der Waals surface area contributed by atoms with Gasteiger partial charge in [0.2, 0.25) is 0 Å². The van der Waals surface area contributed by atoms with Crippen molar-refractivity contribution in [2.24, 2.45) is 16.9 Å². The van der Waals surface area contributed by atoms with Crippen molar-refractivity contribution in [3.05, 3.63) is 113 Å². The van der Waals surface area contributed by atoms with Crippen LogP contribution in [0, 0.1) is 11.8 Å². The van der Waals surface area contributed by atoms with Crippen LogP contribution in [0.4, 0.5) is 0 Å². The number of carbonyl (C=O) groups is 2. The number of nitrogens with zero attached hydrogens (tertiary/aromatic N) is 2. The first kappa shape index (κ1) is 20.2. The number of hydrazone groups is 1. The van der Waals surface area contributed by atoms with Crippen LogP contribution in [0.2, 0.25) is 0 Å². The Hall–Kier alpha value is -4.25. The average molecular weight is 459 g/mol. The quantitative estimate of drug-likeness (QED) is 0.318. The minimum atomic E-state index is -0.441. The van der Waals surface area contributed by atoms with Crippen molar-refractivity contribution >= 4 is 28.8 Å². The largest absolute Gasteiger partial charge is 0.496 e. The number of hydrogen-bond donors (Lipinski definition) is 0. The van der Waals surface area contributed by atoms with Crippen LogP contribution in [-0.4, -0.2) is 30.1 Å². The van der Waals surface area contributed by atoms with E-state index in [4.69, 9.17) is 4.74 Å². The lowest BCUT2D eigenvalue weighted by atomic mass is 9.55. The maximum Gasteiger partial charge on any atom is 0.254 e. The Morgan fingerprint density at radius 1 is 0.714 bits per heavy atom. The molecule has 8 rings (SSSR count). The molecule has 0 aromatic heterocycles. The highest BCUT2D eigenvalue weighted by Gasteiger charge is 2.61. The number of rotatable bonds is 3. The molecule has 1 saturated heterocycles. The van der Waals surface area contributed by atoms with Crippen LogP contribution < -0.4 is 4.74 Å². The molecular weight excluding hydrogens is 436 g/mol. The molecule has 0 saturated carbocycles. The minimum Gasteiger partial charge on any atom is -0.496 e. The van der Waals surface area contributed by atoms with Gasteiger partial charge in [-0.2, -0.15) is 10.1 Å². The first-order valence-corrected chi connectivity index (χ1v) is 11.8. The molecule has 1 fully saturated rings. The Morgan fingerprint density at radius 2 is 1.23 bits per heavy atom. The number of imide groups is 1. The smallest absolute Gasteiger partial charge is 0.254 e. The van der Waals surface area contributed by atoms with E-state index in [0.717, 1.165) is 43.6 Å². The fraction of sp³-hybridized carbons (Fsp3) is 0.167. The maximum atomic E-state index is 13.8. The molecule has 5 heteroatoms. The summed E-state index contributed by atoms with van der Waals surface area (Å²) < 4.78 is 5.57. The van der Waals surface area contributed by atoms with Gasteiger partial charge in [-0.05, 0) is 39.1 Å². The third-order valence-electron chi connectivity index (χ3n) is 7.88. The number of methoxy groups -OCH3 is 1. The van der Waals surface area contributed by atoms with Crippen LogP contribution in [0.3, 0.4) is 0 Å². The van der Waals surface area contributed by atoms with Crippen LogP contribution in [-0.2, 0) is 9.59 Å². The average Bonchev–Trinajstić information content (AvgIpc) is 3.17. The van der Waals surface area contributed by atoms with Gasteiger partial charge in [-0.15, -0.1) is 0 Å². The van der Waals surface area contributed by atoms with Gasteiger partial charge in [0, 0.05) is 17.4 Å². The van der Waals surface area contributed by atoms with Gasteiger partial charge in [0.05, 0.1) is 25.2 Å². The summed E-state index contributed by atoms with van der Waals surface area (Å²) in [4.78, 5) is 27.5. The number of fused-ring (bicyclic) bond motifs is 1. The molecule has 0 spiro atoms. The van der Waals surface area contributed by atoms with Gasteiger partial charge in [-0.25, -0.2) is 0 Å². The summed E-state index contributed by atoms with van der Waals surface area (Å²) in [6.45, 7) is 0. The number of hydrogen-bond acceptors (Lipinski definition) is 4. The van der Waals surface area contributed by atoms with E-state index in [1.54, 1.807) is 13.3 Å². The second kappa shape index (κ2) is 7.37. The van der Waals surface area contributed by atoms with E-state index in [1.165, 1.54) is 0 Å². The normalized spacial score (nSPS) is 24.1. The monoisotopic (exact) mass is 458 g/mol. The highest BCUT2D eigenvalue weighted by atomic mass is 16.5. The summed E-state index contributed by atoms with van der Waals surface area (Å²) in [5, 5.41) is 7.58. The minimum absolute atomic E-state index is 0.138. The molecule has 0 radical (unpaired) electrons. The fourth-order valence-corrected chi connectivity index (χ4v) is 6.48. The van der Waals surface area contributed by atoms with Gasteiger partial charge in [0.25, 0.3) is 11.8 Å². The van der Waals surface area contributed by atoms with Gasteiger partial charge in [-0.3, -0.25) is 9.59 Å². The van der Waals surface area contributed by atoms with E-state index in [-0.39, 0.29) is 23.7 Å². The molecule has 170 valence electrons. The number of ether oxygens (including phenoxy) is 1. The lowest BCUT2D eigenvalue weighted by Gasteiger charge is -2.45. The predicted octanol–water partition coefficient (Wildman–Crippen LogP) is 5.07. The number of benzene rings is 4. The second-order valence-corrected chi connectivity index (χ2v) is 9.40. The van der Waals surface area contributed by atoms with Crippen LogP contribution in [0.1, 0.15) is 39.7 Å². The van der Waals surface area contributed by atoms with Crippen LogP contribution in [0.25, 0.3) is 10.8 Å². The van der Waals surface area contributed by atoms with Crippen LogP contribution >= 0.6 is 0 Å². The van der Waals surface area contributed by atoms with Gasteiger partial charge >= 0.3 is 0 Å². The standard InChI is InChI=1S/C30H22N2O3/c1-35-24-15-14-17-8-2-3-9-18(17)23(24)16-31-32-29(33)27-25-19-10-4-5-11-20(19)26(28(27)30(32)34)22-13-7-6-12-21(22)25/h2-16,25-28H,1H3/b31-16-/t25?,26?,27-,28+. The van der Waals surface area contributed by atoms with E-state index < -0.39 is 11.8 Å². The summed E-state index contributed by atoms with van der Waals surface area (Å²) in [5.74, 6) is -0.970. The van der Waals surface area contributed by atoms with Crippen LogP contribution in [0.5, 0.6) is 5.75 Å². The Morgan fingerprint density at radius 3 is 1.77 bits per heavy atom.